The number of nitrogens with zero attached hydrogens (tertiary/aromatic N) is 2. The molecule has 3 rings (SSSR count). The van der Waals surface area contributed by atoms with Crippen molar-refractivity contribution < 1.29 is 4.79 Å². The molecule has 0 atom stereocenters. The first-order valence-electron chi connectivity index (χ1n) is 6.77. The van der Waals surface area contributed by atoms with Crippen LogP contribution in [0.3, 0.4) is 0 Å². The number of hydrogen-bond acceptors (Lipinski definition) is 3. The number of hydrogen-bond donors (Lipinski definition) is 1. The molecule has 114 valence electrons. The van der Waals surface area contributed by atoms with E-state index in [1.54, 1.807) is 60.9 Å². The van der Waals surface area contributed by atoms with Gasteiger partial charge in [-0.25, -0.2) is 0 Å². The maximum atomic E-state index is 12.2. The lowest BCUT2D eigenvalue weighted by atomic mass is 10.1. The topological polar surface area (TPSA) is 54.9 Å². The van der Waals surface area contributed by atoms with Crippen LogP contribution >= 0.6 is 23.2 Å². The van der Waals surface area contributed by atoms with Crippen molar-refractivity contribution in [2.75, 3.05) is 5.32 Å². The molecular weight excluding hydrogens is 333 g/mol. The van der Waals surface area contributed by atoms with Crippen LogP contribution in [0.5, 0.6) is 0 Å². The highest BCUT2D eigenvalue weighted by molar-refractivity contribution is 6.33. The van der Waals surface area contributed by atoms with Crippen LogP contribution < -0.4 is 5.32 Å². The fourth-order valence-electron chi connectivity index (χ4n) is 2.03. The summed E-state index contributed by atoms with van der Waals surface area (Å²) in [6.07, 6.45) is 3.22. The molecule has 1 amide bonds. The van der Waals surface area contributed by atoms with Gasteiger partial charge in [0.25, 0.3) is 5.91 Å². The molecule has 0 aliphatic heterocycles. The van der Waals surface area contributed by atoms with E-state index in [4.69, 9.17) is 23.2 Å². The van der Waals surface area contributed by atoms with Crippen LogP contribution in [0.1, 0.15) is 10.5 Å². The molecule has 0 aliphatic rings. The van der Waals surface area contributed by atoms with E-state index in [2.05, 4.69) is 15.3 Å². The first-order chi connectivity index (χ1) is 11.1. The Morgan fingerprint density at radius 1 is 1.00 bits per heavy atom. The van der Waals surface area contributed by atoms with Gasteiger partial charge in [-0.05, 0) is 42.5 Å². The first-order valence-corrected chi connectivity index (χ1v) is 7.53. The van der Waals surface area contributed by atoms with Crippen molar-refractivity contribution in [3.8, 4) is 11.3 Å². The highest BCUT2D eigenvalue weighted by Crippen LogP contribution is 2.24. The number of pyridine rings is 2. The minimum absolute atomic E-state index is 0.292. The van der Waals surface area contributed by atoms with Crippen LogP contribution in [-0.2, 0) is 0 Å². The lowest BCUT2D eigenvalue weighted by Crippen LogP contribution is -2.13. The van der Waals surface area contributed by atoms with Crippen LogP contribution in [0.2, 0.25) is 10.0 Å². The van der Waals surface area contributed by atoms with Gasteiger partial charge in [-0.15, -0.1) is 0 Å². The minimum Gasteiger partial charge on any atom is -0.321 e. The Bertz CT molecular complexity index is 850. The van der Waals surface area contributed by atoms with E-state index >= 15 is 0 Å². The summed E-state index contributed by atoms with van der Waals surface area (Å²) >= 11 is 12.0. The Morgan fingerprint density at radius 3 is 2.57 bits per heavy atom. The Labute approximate surface area is 143 Å². The molecule has 3 aromatic rings. The molecule has 23 heavy (non-hydrogen) atoms. The van der Waals surface area contributed by atoms with E-state index < -0.39 is 0 Å². The largest absolute Gasteiger partial charge is 0.321 e. The smallest absolute Gasteiger partial charge is 0.274 e. The van der Waals surface area contributed by atoms with Crippen LogP contribution in [0.25, 0.3) is 11.3 Å². The fourth-order valence-corrected chi connectivity index (χ4v) is 2.45. The Hall–Kier alpha value is -2.43. The van der Waals surface area contributed by atoms with Gasteiger partial charge in [0, 0.05) is 28.7 Å². The van der Waals surface area contributed by atoms with Crippen LogP contribution in [0.15, 0.2) is 60.9 Å². The van der Waals surface area contributed by atoms with Gasteiger partial charge in [0.05, 0.1) is 10.7 Å². The van der Waals surface area contributed by atoms with Crippen molar-refractivity contribution >= 4 is 34.8 Å². The predicted molar refractivity (Wildman–Crippen MR) is 91.9 cm³/mol. The van der Waals surface area contributed by atoms with Crippen molar-refractivity contribution in [2.24, 2.45) is 0 Å². The van der Waals surface area contributed by atoms with Gasteiger partial charge in [-0.2, -0.15) is 0 Å². The van der Waals surface area contributed by atoms with E-state index in [0.29, 0.717) is 27.1 Å². The molecule has 1 N–H and O–H groups in total. The van der Waals surface area contributed by atoms with E-state index in [1.165, 1.54) is 0 Å². The first kappa shape index (κ1) is 15.5. The summed E-state index contributed by atoms with van der Waals surface area (Å²) in [5, 5.41) is 3.83. The zero-order valence-electron chi connectivity index (χ0n) is 11.8. The van der Waals surface area contributed by atoms with Crippen LogP contribution in [-0.4, -0.2) is 15.9 Å². The number of rotatable bonds is 3. The van der Waals surface area contributed by atoms with E-state index in [9.17, 15) is 4.79 Å². The number of carbonyl (C=O) groups is 1. The molecule has 0 saturated heterocycles. The normalized spacial score (nSPS) is 10.3. The molecule has 0 spiro atoms. The summed E-state index contributed by atoms with van der Waals surface area (Å²) in [5.41, 5.74) is 2.28. The zero-order chi connectivity index (χ0) is 16.2. The summed E-state index contributed by atoms with van der Waals surface area (Å²) in [6.45, 7) is 0. The third-order valence-corrected chi connectivity index (χ3v) is 3.65. The number of carbonyl (C=O) groups excluding carboxylic acids is 1. The highest BCUT2D eigenvalue weighted by Gasteiger charge is 2.10. The summed E-state index contributed by atoms with van der Waals surface area (Å²) < 4.78 is 0. The van der Waals surface area contributed by atoms with E-state index in [0.717, 1.165) is 5.56 Å². The average molecular weight is 344 g/mol. The zero-order valence-corrected chi connectivity index (χ0v) is 13.3. The second-order valence-corrected chi connectivity index (χ2v) is 5.57. The summed E-state index contributed by atoms with van der Waals surface area (Å²) in [4.78, 5) is 20.6. The second kappa shape index (κ2) is 6.77. The number of halogens is 2. The fraction of sp³-hybridized carbons (Fsp3) is 0. The Kier molecular flexibility index (Phi) is 4.55. The molecule has 0 fully saturated rings. The van der Waals surface area contributed by atoms with Gasteiger partial charge in [0.15, 0.2) is 0 Å². The molecule has 1 aromatic carbocycles. The van der Waals surface area contributed by atoms with Crippen molar-refractivity contribution in [3.63, 3.8) is 0 Å². The molecule has 6 heteroatoms. The maximum absolute atomic E-state index is 12.2. The van der Waals surface area contributed by atoms with Crippen molar-refractivity contribution in [1.82, 2.24) is 9.97 Å². The highest BCUT2D eigenvalue weighted by atomic mass is 35.5. The molecule has 0 radical (unpaired) electrons. The molecule has 2 aromatic heterocycles. The van der Waals surface area contributed by atoms with Crippen LogP contribution in [0, 0.1) is 0 Å². The molecule has 4 nitrogen and oxygen atoms in total. The van der Waals surface area contributed by atoms with Gasteiger partial charge in [-0.3, -0.25) is 14.8 Å². The van der Waals surface area contributed by atoms with Gasteiger partial charge < -0.3 is 5.32 Å². The predicted octanol–water partition coefficient (Wildman–Crippen LogP) is 4.70. The van der Waals surface area contributed by atoms with Gasteiger partial charge in [-0.1, -0.05) is 29.3 Å². The Balaban J connectivity index is 1.79. The van der Waals surface area contributed by atoms with Gasteiger partial charge in [0.2, 0.25) is 0 Å². The number of nitrogens with one attached hydrogen (secondary N) is 1. The van der Waals surface area contributed by atoms with Crippen LogP contribution in [0.4, 0.5) is 5.69 Å². The molecule has 0 unspecified atom stereocenters. The minimum atomic E-state index is -0.314. The molecule has 2 heterocycles. The summed E-state index contributed by atoms with van der Waals surface area (Å²) in [5.74, 6) is -0.314. The summed E-state index contributed by atoms with van der Waals surface area (Å²) in [6, 6.07) is 13.8. The Morgan fingerprint density at radius 2 is 1.87 bits per heavy atom. The third-order valence-electron chi connectivity index (χ3n) is 3.11. The van der Waals surface area contributed by atoms with E-state index in [-0.39, 0.29) is 5.91 Å². The van der Waals surface area contributed by atoms with Gasteiger partial charge in [0.1, 0.15) is 5.69 Å². The molecule has 0 aliphatic carbocycles. The average Bonchev–Trinajstić information content (AvgIpc) is 2.55. The van der Waals surface area contributed by atoms with Crippen molar-refractivity contribution in [2.45, 2.75) is 0 Å². The number of aromatic nitrogens is 2. The standard InChI is InChI=1S/C17H11Cl2N3O/c18-12-3-1-4-13(9-12)22-17(23)15-7-6-11(10-21-15)16-14(19)5-2-8-20-16/h1-10H,(H,22,23). The SMILES string of the molecule is O=C(Nc1cccc(Cl)c1)c1ccc(-c2ncccc2Cl)cn1. The third kappa shape index (κ3) is 3.67. The van der Waals surface area contributed by atoms with Crippen molar-refractivity contribution in [3.05, 3.63) is 76.7 Å². The summed E-state index contributed by atoms with van der Waals surface area (Å²) in [7, 11) is 0. The number of benzene rings is 1. The van der Waals surface area contributed by atoms with Crippen molar-refractivity contribution in [1.29, 1.82) is 0 Å². The lowest BCUT2D eigenvalue weighted by molar-refractivity contribution is 0.102. The lowest BCUT2D eigenvalue weighted by Gasteiger charge is -2.06. The monoisotopic (exact) mass is 343 g/mol. The van der Waals surface area contributed by atoms with Gasteiger partial charge >= 0.3 is 0 Å². The maximum Gasteiger partial charge on any atom is 0.274 e. The molecule has 0 bridgehead atoms. The number of amides is 1. The second-order valence-electron chi connectivity index (χ2n) is 4.73. The molecule has 0 saturated carbocycles. The molecular formula is C17H11Cl2N3O. The quantitative estimate of drug-likeness (QED) is 0.749. The number of anilines is 1. The van der Waals surface area contributed by atoms with E-state index in [1.807, 2.05) is 0 Å².